The van der Waals surface area contributed by atoms with Crippen molar-refractivity contribution in [2.45, 2.75) is 13.8 Å². The summed E-state index contributed by atoms with van der Waals surface area (Å²) in [5, 5.41) is 2.80. The van der Waals surface area contributed by atoms with Crippen molar-refractivity contribution < 1.29 is 9.53 Å². The molecule has 0 heterocycles. The first-order valence-electron chi connectivity index (χ1n) is 6.40. The number of nitrogens with one attached hydrogen (secondary N) is 1. The molecule has 0 aliphatic carbocycles. The monoisotopic (exact) mass is 411 g/mol. The van der Waals surface area contributed by atoms with Gasteiger partial charge in [0.1, 0.15) is 5.75 Å². The second-order valence-electron chi connectivity index (χ2n) is 4.72. The lowest BCUT2D eigenvalue weighted by Crippen LogP contribution is -2.20. The molecule has 2 aromatic rings. The first kappa shape index (κ1) is 16.0. The first-order chi connectivity index (χ1) is 9.95. The zero-order chi connectivity index (χ0) is 15.4. The summed E-state index contributed by atoms with van der Waals surface area (Å²) in [6, 6.07) is 11.4. The van der Waals surface area contributed by atoms with E-state index in [-0.39, 0.29) is 12.5 Å². The Morgan fingerprint density at radius 3 is 2.38 bits per heavy atom. The van der Waals surface area contributed by atoms with E-state index in [9.17, 15) is 4.79 Å². The predicted molar refractivity (Wildman–Crippen MR) is 91.9 cm³/mol. The van der Waals surface area contributed by atoms with Gasteiger partial charge in [0.15, 0.2) is 6.61 Å². The molecule has 0 saturated heterocycles. The molecule has 0 aliphatic heterocycles. The predicted octanol–water partition coefficient (Wildman–Crippen LogP) is 4.85. The fraction of sp³-hybridized carbons (Fsp3) is 0.188. The van der Waals surface area contributed by atoms with Crippen molar-refractivity contribution in [3.8, 4) is 5.75 Å². The van der Waals surface area contributed by atoms with Crippen molar-refractivity contribution in [2.24, 2.45) is 0 Å². The largest absolute Gasteiger partial charge is 0.483 e. The third-order valence-electron chi connectivity index (χ3n) is 2.88. The number of rotatable bonds is 4. The van der Waals surface area contributed by atoms with Crippen LogP contribution in [-0.4, -0.2) is 12.5 Å². The second kappa shape index (κ2) is 7.09. The van der Waals surface area contributed by atoms with Crippen LogP contribution in [0.4, 0.5) is 5.69 Å². The van der Waals surface area contributed by atoms with E-state index >= 15 is 0 Å². The van der Waals surface area contributed by atoms with Gasteiger partial charge in [-0.1, -0.05) is 37.9 Å². The number of carbonyl (C=O) groups excluding carboxylic acids is 1. The summed E-state index contributed by atoms with van der Waals surface area (Å²) in [5.41, 5.74) is 2.73. The van der Waals surface area contributed by atoms with E-state index < -0.39 is 0 Å². The number of halogens is 2. The van der Waals surface area contributed by atoms with Gasteiger partial charge in [-0.3, -0.25) is 4.79 Å². The molecule has 110 valence electrons. The van der Waals surface area contributed by atoms with Gasteiger partial charge in [0, 0.05) is 14.6 Å². The molecule has 0 bridgehead atoms. The maximum absolute atomic E-state index is 11.9. The Morgan fingerprint density at radius 1 is 1.10 bits per heavy atom. The molecule has 21 heavy (non-hydrogen) atoms. The smallest absolute Gasteiger partial charge is 0.262 e. The summed E-state index contributed by atoms with van der Waals surface area (Å²) in [7, 11) is 0. The molecule has 1 amide bonds. The Balaban J connectivity index is 1.99. The van der Waals surface area contributed by atoms with Gasteiger partial charge in [0.2, 0.25) is 0 Å². The SMILES string of the molecule is Cc1cc(Br)cc(C)c1OCC(=O)Nc1cccc(Br)c1. The number of amides is 1. The lowest BCUT2D eigenvalue weighted by atomic mass is 10.1. The van der Waals surface area contributed by atoms with Crippen LogP contribution in [0, 0.1) is 13.8 Å². The molecule has 0 radical (unpaired) electrons. The van der Waals surface area contributed by atoms with Crippen molar-refractivity contribution in [3.63, 3.8) is 0 Å². The lowest BCUT2D eigenvalue weighted by molar-refractivity contribution is -0.118. The van der Waals surface area contributed by atoms with Crippen LogP contribution in [-0.2, 0) is 4.79 Å². The number of carbonyl (C=O) groups is 1. The summed E-state index contributed by atoms with van der Waals surface area (Å²) in [5.74, 6) is 0.567. The average molecular weight is 413 g/mol. The fourth-order valence-corrected chi connectivity index (χ4v) is 3.11. The van der Waals surface area contributed by atoms with E-state index in [1.165, 1.54) is 0 Å². The molecule has 0 fully saturated rings. The molecule has 0 unspecified atom stereocenters. The number of benzene rings is 2. The molecule has 2 rings (SSSR count). The van der Waals surface area contributed by atoms with Gasteiger partial charge >= 0.3 is 0 Å². The minimum Gasteiger partial charge on any atom is -0.483 e. The van der Waals surface area contributed by atoms with Gasteiger partial charge in [-0.05, 0) is 55.3 Å². The molecule has 0 saturated carbocycles. The maximum Gasteiger partial charge on any atom is 0.262 e. The Morgan fingerprint density at radius 2 is 1.76 bits per heavy atom. The number of aryl methyl sites for hydroxylation is 2. The van der Waals surface area contributed by atoms with Crippen molar-refractivity contribution in [2.75, 3.05) is 11.9 Å². The van der Waals surface area contributed by atoms with E-state index in [4.69, 9.17) is 4.74 Å². The van der Waals surface area contributed by atoms with E-state index in [0.717, 1.165) is 31.5 Å². The van der Waals surface area contributed by atoms with Crippen LogP contribution in [0.15, 0.2) is 45.3 Å². The second-order valence-corrected chi connectivity index (χ2v) is 6.55. The molecule has 3 nitrogen and oxygen atoms in total. The van der Waals surface area contributed by atoms with Crippen LogP contribution in [0.2, 0.25) is 0 Å². The maximum atomic E-state index is 11.9. The molecular weight excluding hydrogens is 398 g/mol. The standard InChI is InChI=1S/C16H15Br2NO2/c1-10-6-13(18)7-11(2)16(10)21-9-15(20)19-14-5-3-4-12(17)8-14/h3-8H,9H2,1-2H3,(H,19,20). The molecule has 0 aromatic heterocycles. The Bertz CT molecular complexity index is 648. The van der Waals surface area contributed by atoms with E-state index in [0.29, 0.717) is 0 Å². The highest BCUT2D eigenvalue weighted by Gasteiger charge is 2.09. The molecular formula is C16H15Br2NO2. The van der Waals surface area contributed by atoms with Gasteiger partial charge in [-0.2, -0.15) is 0 Å². The third kappa shape index (κ3) is 4.58. The average Bonchev–Trinajstić information content (AvgIpc) is 2.37. The molecule has 5 heteroatoms. The fourth-order valence-electron chi connectivity index (χ4n) is 2.03. The minimum atomic E-state index is -0.185. The van der Waals surface area contributed by atoms with Crippen LogP contribution < -0.4 is 10.1 Å². The third-order valence-corrected chi connectivity index (χ3v) is 3.83. The topological polar surface area (TPSA) is 38.3 Å². The van der Waals surface area contributed by atoms with Gasteiger partial charge in [0.05, 0.1) is 0 Å². The summed E-state index contributed by atoms with van der Waals surface area (Å²) in [6.45, 7) is 3.90. The van der Waals surface area contributed by atoms with Crippen molar-refractivity contribution >= 4 is 43.5 Å². The Labute approximate surface area is 141 Å². The van der Waals surface area contributed by atoms with Gasteiger partial charge < -0.3 is 10.1 Å². The number of hydrogen-bond donors (Lipinski definition) is 1. The van der Waals surface area contributed by atoms with E-state index in [2.05, 4.69) is 37.2 Å². The van der Waals surface area contributed by atoms with Crippen LogP contribution in [0.25, 0.3) is 0 Å². The zero-order valence-corrected chi connectivity index (χ0v) is 14.9. The highest BCUT2D eigenvalue weighted by Crippen LogP contribution is 2.27. The summed E-state index contributed by atoms with van der Waals surface area (Å²) < 4.78 is 7.56. The highest BCUT2D eigenvalue weighted by molar-refractivity contribution is 9.10. The summed E-state index contributed by atoms with van der Waals surface area (Å²) in [4.78, 5) is 11.9. The van der Waals surface area contributed by atoms with Crippen molar-refractivity contribution in [1.82, 2.24) is 0 Å². The molecule has 0 spiro atoms. The zero-order valence-electron chi connectivity index (χ0n) is 11.7. The normalized spacial score (nSPS) is 10.3. The van der Waals surface area contributed by atoms with Crippen molar-refractivity contribution in [3.05, 3.63) is 56.5 Å². The van der Waals surface area contributed by atoms with E-state index in [1.54, 1.807) is 0 Å². The van der Waals surface area contributed by atoms with Crippen LogP contribution in [0.5, 0.6) is 5.75 Å². The molecule has 0 aliphatic rings. The van der Waals surface area contributed by atoms with E-state index in [1.807, 2.05) is 50.2 Å². The van der Waals surface area contributed by atoms with Gasteiger partial charge in [-0.15, -0.1) is 0 Å². The number of anilines is 1. The van der Waals surface area contributed by atoms with Gasteiger partial charge in [0.25, 0.3) is 5.91 Å². The summed E-state index contributed by atoms with van der Waals surface area (Å²) >= 11 is 6.81. The first-order valence-corrected chi connectivity index (χ1v) is 7.99. The van der Waals surface area contributed by atoms with Crippen molar-refractivity contribution in [1.29, 1.82) is 0 Å². The quantitative estimate of drug-likeness (QED) is 0.779. The van der Waals surface area contributed by atoms with Crippen LogP contribution >= 0.6 is 31.9 Å². The van der Waals surface area contributed by atoms with Crippen LogP contribution in [0.1, 0.15) is 11.1 Å². The number of hydrogen-bond acceptors (Lipinski definition) is 2. The molecule has 1 N–H and O–H groups in total. The van der Waals surface area contributed by atoms with Gasteiger partial charge in [-0.25, -0.2) is 0 Å². The van der Waals surface area contributed by atoms with Crippen LogP contribution in [0.3, 0.4) is 0 Å². The molecule has 2 aromatic carbocycles. The number of ether oxygens (including phenoxy) is 1. The lowest BCUT2D eigenvalue weighted by Gasteiger charge is -2.12. The summed E-state index contributed by atoms with van der Waals surface area (Å²) in [6.07, 6.45) is 0. The Hall–Kier alpha value is -1.33. The minimum absolute atomic E-state index is 0.0180. The highest BCUT2D eigenvalue weighted by atomic mass is 79.9. The molecule has 0 atom stereocenters. The Kier molecular flexibility index (Phi) is 5.42.